The first-order valence-corrected chi connectivity index (χ1v) is 8.19. The summed E-state index contributed by atoms with van der Waals surface area (Å²) < 4.78 is 0. The summed E-state index contributed by atoms with van der Waals surface area (Å²) in [6, 6.07) is 11.7. The fourth-order valence-corrected chi connectivity index (χ4v) is 3.57. The molecule has 2 aliphatic rings. The highest BCUT2D eigenvalue weighted by Crippen LogP contribution is 2.38. The van der Waals surface area contributed by atoms with Crippen LogP contribution in [0.15, 0.2) is 48.8 Å². The van der Waals surface area contributed by atoms with Gasteiger partial charge in [-0.15, -0.1) is 0 Å². The molecule has 4 rings (SSSR count). The van der Waals surface area contributed by atoms with Gasteiger partial charge in [-0.25, -0.2) is 0 Å². The molecule has 3 heterocycles. The zero-order chi connectivity index (χ0) is 16.7. The summed E-state index contributed by atoms with van der Waals surface area (Å²) in [6.07, 6.45) is 3.87. The molecule has 5 heteroatoms. The molecule has 1 fully saturated rings. The molecule has 122 valence electrons. The van der Waals surface area contributed by atoms with Crippen LogP contribution in [0.4, 0.5) is 5.69 Å². The van der Waals surface area contributed by atoms with Crippen LogP contribution in [0.25, 0.3) is 0 Å². The van der Waals surface area contributed by atoms with E-state index in [1.165, 1.54) is 5.56 Å². The molecule has 0 radical (unpaired) electrons. The molecular formula is C19H19N3O2. The molecule has 1 saturated heterocycles. The van der Waals surface area contributed by atoms with Gasteiger partial charge in [0, 0.05) is 50.6 Å². The van der Waals surface area contributed by atoms with Gasteiger partial charge in [0.15, 0.2) is 0 Å². The van der Waals surface area contributed by atoms with Gasteiger partial charge in [-0.1, -0.05) is 24.3 Å². The lowest BCUT2D eigenvalue weighted by molar-refractivity contribution is -0.139. The predicted molar refractivity (Wildman–Crippen MR) is 90.8 cm³/mol. The van der Waals surface area contributed by atoms with E-state index in [0.29, 0.717) is 19.0 Å². The Kier molecular flexibility index (Phi) is 3.56. The van der Waals surface area contributed by atoms with Crippen molar-refractivity contribution in [1.29, 1.82) is 0 Å². The van der Waals surface area contributed by atoms with Gasteiger partial charge in [0.1, 0.15) is 0 Å². The Morgan fingerprint density at radius 3 is 2.71 bits per heavy atom. The van der Waals surface area contributed by atoms with Gasteiger partial charge in [-0.05, 0) is 23.3 Å². The number of rotatable bonds is 2. The van der Waals surface area contributed by atoms with Crippen molar-refractivity contribution in [1.82, 2.24) is 9.88 Å². The molecule has 0 spiro atoms. The van der Waals surface area contributed by atoms with E-state index in [2.05, 4.69) is 4.98 Å². The summed E-state index contributed by atoms with van der Waals surface area (Å²) in [5.41, 5.74) is 2.97. The molecule has 2 aromatic rings. The standard InChI is InChI=1S/C19H19N3O2/c1-21-17-7-3-2-6-15(17)16(9-18(21)23)19(24)22-11-14(12-22)13-5-4-8-20-10-13/h2-8,10,14,16H,9,11-12H2,1H3/t16-/m1/s1. The van der Waals surface area contributed by atoms with Crippen molar-refractivity contribution in [2.24, 2.45) is 0 Å². The number of carbonyl (C=O) groups excluding carboxylic acids is 2. The number of amides is 2. The van der Waals surface area contributed by atoms with E-state index >= 15 is 0 Å². The molecule has 0 unspecified atom stereocenters. The molecule has 0 bridgehead atoms. The molecule has 2 amide bonds. The van der Waals surface area contributed by atoms with Crippen LogP contribution in [-0.2, 0) is 9.59 Å². The second-order valence-electron chi connectivity index (χ2n) is 6.49. The summed E-state index contributed by atoms with van der Waals surface area (Å²) in [6.45, 7) is 1.40. The monoisotopic (exact) mass is 321 g/mol. The number of carbonyl (C=O) groups is 2. The Morgan fingerprint density at radius 2 is 1.96 bits per heavy atom. The van der Waals surface area contributed by atoms with E-state index in [0.717, 1.165) is 11.3 Å². The van der Waals surface area contributed by atoms with Gasteiger partial charge in [0.05, 0.1) is 5.92 Å². The van der Waals surface area contributed by atoms with Crippen LogP contribution in [0.1, 0.15) is 29.4 Å². The molecule has 0 saturated carbocycles. The minimum atomic E-state index is -0.361. The van der Waals surface area contributed by atoms with Gasteiger partial charge < -0.3 is 9.80 Å². The van der Waals surface area contributed by atoms with Crippen molar-refractivity contribution in [3.63, 3.8) is 0 Å². The Balaban J connectivity index is 1.52. The van der Waals surface area contributed by atoms with E-state index < -0.39 is 0 Å². The average Bonchev–Trinajstić information content (AvgIpc) is 2.58. The number of para-hydroxylation sites is 1. The number of likely N-dealkylation sites (tertiary alicyclic amines) is 1. The van der Waals surface area contributed by atoms with Crippen LogP contribution in [-0.4, -0.2) is 41.8 Å². The Bertz CT molecular complexity index is 784. The van der Waals surface area contributed by atoms with Crippen molar-refractivity contribution >= 4 is 17.5 Å². The number of fused-ring (bicyclic) bond motifs is 1. The maximum absolute atomic E-state index is 12.9. The van der Waals surface area contributed by atoms with Crippen LogP contribution < -0.4 is 4.90 Å². The van der Waals surface area contributed by atoms with Crippen LogP contribution in [0.5, 0.6) is 0 Å². The zero-order valence-electron chi connectivity index (χ0n) is 13.6. The number of nitrogens with zero attached hydrogens (tertiary/aromatic N) is 3. The summed E-state index contributed by atoms with van der Waals surface area (Å²) in [4.78, 5) is 32.8. The third-order valence-corrected chi connectivity index (χ3v) is 5.07. The molecule has 1 aromatic carbocycles. The van der Waals surface area contributed by atoms with Gasteiger partial charge in [-0.2, -0.15) is 0 Å². The third kappa shape index (κ3) is 2.37. The number of anilines is 1. The van der Waals surface area contributed by atoms with E-state index in [-0.39, 0.29) is 24.2 Å². The van der Waals surface area contributed by atoms with Gasteiger partial charge in [0.2, 0.25) is 11.8 Å². The molecule has 1 aromatic heterocycles. The minimum absolute atomic E-state index is 0.00335. The van der Waals surface area contributed by atoms with E-state index in [9.17, 15) is 9.59 Å². The third-order valence-electron chi connectivity index (χ3n) is 5.07. The van der Waals surface area contributed by atoms with Crippen molar-refractivity contribution in [3.8, 4) is 0 Å². The minimum Gasteiger partial charge on any atom is -0.341 e. The number of hydrogen-bond acceptors (Lipinski definition) is 3. The first-order valence-electron chi connectivity index (χ1n) is 8.19. The fraction of sp³-hybridized carbons (Fsp3) is 0.316. The van der Waals surface area contributed by atoms with Gasteiger partial charge >= 0.3 is 0 Å². The molecule has 2 aliphatic heterocycles. The van der Waals surface area contributed by atoms with Crippen molar-refractivity contribution in [2.75, 3.05) is 25.0 Å². The number of aromatic nitrogens is 1. The zero-order valence-corrected chi connectivity index (χ0v) is 13.6. The lowest BCUT2D eigenvalue weighted by Crippen LogP contribution is -2.51. The van der Waals surface area contributed by atoms with Crippen LogP contribution in [0.3, 0.4) is 0 Å². The Labute approximate surface area is 140 Å². The van der Waals surface area contributed by atoms with Gasteiger partial charge in [0.25, 0.3) is 0 Å². The number of pyridine rings is 1. The number of hydrogen-bond donors (Lipinski definition) is 0. The van der Waals surface area contributed by atoms with Crippen LogP contribution in [0.2, 0.25) is 0 Å². The summed E-state index contributed by atoms with van der Waals surface area (Å²) >= 11 is 0. The van der Waals surface area contributed by atoms with Crippen LogP contribution >= 0.6 is 0 Å². The maximum atomic E-state index is 12.9. The SMILES string of the molecule is CN1C(=O)C[C@@H](C(=O)N2CC(c3cccnc3)C2)c2ccccc21. The highest BCUT2D eigenvalue weighted by Gasteiger charge is 2.40. The van der Waals surface area contributed by atoms with Crippen LogP contribution in [0, 0.1) is 0 Å². The van der Waals surface area contributed by atoms with E-state index in [4.69, 9.17) is 0 Å². The normalized spacial score (nSPS) is 20.5. The largest absolute Gasteiger partial charge is 0.341 e. The van der Waals surface area contributed by atoms with E-state index in [1.807, 2.05) is 47.5 Å². The lowest BCUT2D eigenvalue weighted by Gasteiger charge is -2.42. The number of benzene rings is 1. The first-order chi connectivity index (χ1) is 11.6. The van der Waals surface area contributed by atoms with Crippen molar-refractivity contribution < 1.29 is 9.59 Å². The molecule has 1 atom stereocenters. The predicted octanol–water partition coefficient (Wildman–Crippen LogP) is 2.16. The molecular weight excluding hydrogens is 302 g/mol. The quantitative estimate of drug-likeness (QED) is 0.852. The summed E-state index contributed by atoms with van der Waals surface area (Å²) in [7, 11) is 1.77. The Hall–Kier alpha value is -2.69. The van der Waals surface area contributed by atoms with Crippen molar-refractivity contribution in [2.45, 2.75) is 18.3 Å². The lowest BCUT2D eigenvalue weighted by atomic mass is 9.85. The molecule has 24 heavy (non-hydrogen) atoms. The molecule has 0 aliphatic carbocycles. The average molecular weight is 321 g/mol. The van der Waals surface area contributed by atoms with Gasteiger partial charge in [-0.3, -0.25) is 14.6 Å². The second-order valence-corrected chi connectivity index (χ2v) is 6.49. The topological polar surface area (TPSA) is 53.5 Å². The summed E-state index contributed by atoms with van der Waals surface area (Å²) in [5.74, 6) is 0.0417. The second kappa shape index (κ2) is 5.74. The highest BCUT2D eigenvalue weighted by molar-refractivity contribution is 6.02. The smallest absolute Gasteiger partial charge is 0.230 e. The van der Waals surface area contributed by atoms with E-state index in [1.54, 1.807) is 18.1 Å². The summed E-state index contributed by atoms with van der Waals surface area (Å²) in [5, 5.41) is 0. The molecule has 5 nitrogen and oxygen atoms in total. The maximum Gasteiger partial charge on any atom is 0.230 e. The molecule has 0 N–H and O–H groups in total. The Morgan fingerprint density at radius 1 is 1.17 bits per heavy atom. The first kappa shape index (κ1) is 14.9. The van der Waals surface area contributed by atoms with Crippen molar-refractivity contribution in [3.05, 3.63) is 59.9 Å². The highest BCUT2D eigenvalue weighted by atomic mass is 16.2. The fourth-order valence-electron chi connectivity index (χ4n) is 3.57.